The summed E-state index contributed by atoms with van der Waals surface area (Å²) in [7, 11) is -1.46. The third kappa shape index (κ3) is 3.87. The fraction of sp³-hybridized carbons (Fsp3) is 1.00. The number of rotatable bonds is 5. The van der Waals surface area contributed by atoms with Crippen molar-refractivity contribution in [2.45, 2.75) is 25.9 Å². The van der Waals surface area contributed by atoms with Gasteiger partial charge in [-0.2, -0.15) is 0 Å². The highest BCUT2D eigenvalue weighted by molar-refractivity contribution is 7.89. The monoisotopic (exact) mass is 269 g/mol. The summed E-state index contributed by atoms with van der Waals surface area (Å²) in [6, 6.07) is 0. The highest BCUT2D eigenvalue weighted by Crippen LogP contribution is 2.18. The smallest absolute Gasteiger partial charge is 0.214 e. The summed E-state index contributed by atoms with van der Waals surface area (Å²) in [6.07, 6.45) is 1.77. The van der Waals surface area contributed by atoms with Crippen LogP contribution >= 0.6 is 11.6 Å². The average Bonchev–Trinajstić information content (AvgIpc) is 2.28. The predicted molar refractivity (Wildman–Crippen MR) is 65.3 cm³/mol. The molecule has 0 amide bonds. The molecule has 1 atom stereocenters. The molecular formula is C10H20ClNO3S. The molecule has 1 unspecified atom stereocenters. The van der Waals surface area contributed by atoms with E-state index in [2.05, 4.69) is 0 Å². The van der Waals surface area contributed by atoms with Crippen LogP contribution in [-0.2, 0) is 14.8 Å². The van der Waals surface area contributed by atoms with Gasteiger partial charge in [0.15, 0.2) is 0 Å². The molecule has 0 aromatic carbocycles. The van der Waals surface area contributed by atoms with Crippen LogP contribution < -0.4 is 0 Å². The van der Waals surface area contributed by atoms with Crippen molar-refractivity contribution in [2.75, 3.05) is 31.8 Å². The van der Waals surface area contributed by atoms with Crippen LogP contribution in [0, 0.1) is 5.92 Å². The average molecular weight is 270 g/mol. The summed E-state index contributed by atoms with van der Waals surface area (Å²) in [6.45, 7) is 2.98. The van der Waals surface area contributed by atoms with E-state index in [0.29, 0.717) is 19.0 Å². The minimum absolute atomic E-state index is 0.00631. The van der Waals surface area contributed by atoms with Crippen LogP contribution in [0.3, 0.4) is 0 Å². The quantitative estimate of drug-likeness (QED) is 0.707. The minimum Gasteiger partial charge on any atom is -0.381 e. The van der Waals surface area contributed by atoms with Gasteiger partial charge in [0.1, 0.15) is 0 Å². The number of piperidine rings is 1. The highest BCUT2D eigenvalue weighted by atomic mass is 35.5. The summed E-state index contributed by atoms with van der Waals surface area (Å²) in [4.78, 5) is 0. The molecule has 4 nitrogen and oxygen atoms in total. The molecule has 96 valence electrons. The molecule has 0 aromatic rings. The topological polar surface area (TPSA) is 46.6 Å². The number of ether oxygens (including phenoxy) is 1. The predicted octanol–water partition coefficient (Wildman–Crippen LogP) is 1.30. The van der Waals surface area contributed by atoms with Crippen molar-refractivity contribution in [2.24, 2.45) is 5.92 Å². The Kier molecular flexibility index (Phi) is 5.50. The van der Waals surface area contributed by atoms with Gasteiger partial charge in [0.2, 0.25) is 10.0 Å². The lowest BCUT2D eigenvalue weighted by Gasteiger charge is -2.31. The maximum absolute atomic E-state index is 12.0. The number of hydrogen-bond donors (Lipinski definition) is 0. The van der Waals surface area contributed by atoms with Crippen molar-refractivity contribution in [3.05, 3.63) is 0 Å². The number of nitrogens with zero attached hydrogens (tertiary/aromatic N) is 1. The first-order valence-electron chi connectivity index (χ1n) is 5.56. The molecule has 0 aliphatic carbocycles. The van der Waals surface area contributed by atoms with Crippen LogP contribution in [0.25, 0.3) is 0 Å². The fourth-order valence-corrected chi connectivity index (χ4v) is 3.91. The maximum atomic E-state index is 12.0. The Labute approximate surface area is 103 Å². The van der Waals surface area contributed by atoms with Crippen molar-refractivity contribution in [1.82, 2.24) is 4.31 Å². The van der Waals surface area contributed by atoms with E-state index in [1.165, 1.54) is 0 Å². The third-order valence-corrected chi connectivity index (χ3v) is 5.56. The van der Waals surface area contributed by atoms with Crippen molar-refractivity contribution in [1.29, 1.82) is 0 Å². The molecule has 1 heterocycles. The molecule has 6 heteroatoms. The summed E-state index contributed by atoms with van der Waals surface area (Å²) in [5, 5.41) is 0. The van der Waals surface area contributed by atoms with E-state index < -0.39 is 10.0 Å². The van der Waals surface area contributed by atoms with E-state index in [9.17, 15) is 8.42 Å². The summed E-state index contributed by atoms with van der Waals surface area (Å²) >= 11 is 5.64. The van der Waals surface area contributed by atoms with Gasteiger partial charge in [-0.15, -0.1) is 11.6 Å². The van der Waals surface area contributed by atoms with E-state index in [1.807, 2.05) is 6.92 Å². The zero-order chi connectivity index (χ0) is 12.2. The lowest BCUT2D eigenvalue weighted by molar-refractivity contribution is 0.0604. The van der Waals surface area contributed by atoms with E-state index in [-0.39, 0.29) is 17.8 Å². The summed E-state index contributed by atoms with van der Waals surface area (Å²) in [5.74, 6) is 0.536. The molecule has 16 heavy (non-hydrogen) atoms. The van der Waals surface area contributed by atoms with Crippen molar-refractivity contribution < 1.29 is 13.2 Å². The zero-order valence-electron chi connectivity index (χ0n) is 9.86. The van der Waals surface area contributed by atoms with Gasteiger partial charge in [0.25, 0.3) is 0 Å². The van der Waals surface area contributed by atoms with Crippen LogP contribution in [0.1, 0.15) is 19.8 Å². The van der Waals surface area contributed by atoms with Gasteiger partial charge in [0, 0.05) is 26.1 Å². The second-order valence-corrected chi connectivity index (χ2v) is 6.69. The Bertz CT molecular complexity index is 299. The Hall–Kier alpha value is 0.160. The molecule has 0 N–H and O–H groups in total. The first kappa shape index (κ1) is 14.2. The van der Waals surface area contributed by atoms with Gasteiger partial charge in [-0.3, -0.25) is 0 Å². The van der Waals surface area contributed by atoms with Gasteiger partial charge in [-0.05, 0) is 18.8 Å². The Balaban J connectivity index is 2.51. The molecule has 1 fully saturated rings. The molecule has 1 aliphatic rings. The van der Waals surface area contributed by atoms with Gasteiger partial charge in [0.05, 0.1) is 11.9 Å². The Morgan fingerprint density at radius 3 is 2.44 bits per heavy atom. The number of halogens is 1. The van der Waals surface area contributed by atoms with Crippen molar-refractivity contribution >= 4 is 21.6 Å². The minimum atomic E-state index is -3.13. The molecule has 0 saturated carbocycles. The number of sulfonamides is 1. The number of hydrogen-bond acceptors (Lipinski definition) is 3. The van der Waals surface area contributed by atoms with Gasteiger partial charge < -0.3 is 4.74 Å². The summed E-state index contributed by atoms with van der Waals surface area (Å²) in [5.41, 5.74) is 0. The second-order valence-electron chi connectivity index (χ2n) is 4.37. The van der Waals surface area contributed by atoms with Gasteiger partial charge >= 0.3 is 0 Å². The lowest BCUT2D eigenvalue weighted by Crippen LogP contribution is -2.42. The molecule has 0 aromatic heterocycles. The highest BCUT2D eigenvalue weighted by Gasteiger charge is 2.28. The van der Waals surface area contributed by atoms with Crippen LogP contribution in [0.2, 0.25) is 0 Å². The largest absolute Gasteiger partial charge is 0.381 e. The number of alkyl halides is 1. The number of methoxy groups -OCH3 is 1. The molecule has 0 spiro atoms. The molecule has 0 radical (unpaired) electrons. The maximum Gasteiger partial charge on any atom is 0.214 e. The van der Waals surface area contributed by atoms with E-state index in [0.717, 1.165) is 12.8 Å². The zero-order valence-corrected chi connectivity index (χ0v) is 11.4. The van der Waals surface area contributed by atoms with Gasteiger partial charge in [-0.25, -0.2) is 12.7 Å². The Morgan fingerprint density at radius 2 is 2.00 bits per heavy atom. The molecule has 1 aliphatic heterocycles. The normalized spacial score (nSPS) is 22.2. The fourth-order valence-electron chi connectivity index (χ4n) is 1.86. The van der Waals surface area contributed by atoms with Crippen LogP contribution in [0.4, 0.5) is 0 Å². The van der Waals surface area contributed by atoms with Crippen molar-refractivity contribution in [3.63, 3.8) is 0 Å². The van der Waals surface area contributed by atoms with Crippen LogP contribution in [-0.4, -0.2) is 50.7 Å². The van der Waals surface area contributed by atoms with Crippen LogP contribution in [0.15, 0.2) is 0 Å². The SMILES string of the molecule is COC1CCN(S(=O)(=O)CC(C)CCl)CC1. The standard InChI is InChI=1S/C10H20ClNO3S/c1-9(7-11)8-16(13,14)12-5-3-10(15-2)4-6-12/h9-10H,3-8H2,1-2H3. The van der Waals surface area contributed by atoms with E-state index in [4.69, 9.17) is 16.3 Å². The van der Waals surface area contributed by atoms with Crippen molar-refractivity contribution in [3.8, 4) is 0 Å². The third-order valence-electron chi connectivity index (χ3n) is 2.89. The second kappa shape index (κ2) is 6.19. The molecule has 1 rings (SSSR count). The Morgan fingerprint density at radius 1 is 1.44 bits per heavy atom. The summed E-state index contributed by atoms with van der Waals surface area (Å²) < 4.78 is 30.7. The molecule has 0 bridgehead atoms. The van der Waals surface area contributed by atoms with E-state index >= 15 is 0 Å². The first-order chi connectivity index (χ1) is 7.49. The van der Waals surface area contributed by atoms with Gasteiger partial charge in [-0.1, -0.05) is 6.92 Å². The molecule has 1 saturated heterocycles. The van der Waals surface area contributed by atoms with E-state index in [1.54, 1.807) is 11.4 Å². The first-order valence-corrected chi connectivity index (χ1v) is 7.70. The molecular weight excluding hydrogens is 250 g/mol. The lowest BCUT2D eigenvalue weighted by atomic mass is 10.1. The van der Waals surface area contributed by atoms with Crippen LogP contribution in [0.5, 0.6) is 0 Å².